The number of rotatable bonds is 6. The zero-order chi connectivity index (χ0) is 16.5. The fourth-order valence-electron chi connectivity index (χ4n) is 2.01. The molecular formula is C13H18N2O6S. The number of ether oxygens (including phenoxy) is 2. The second kappa shape index (κ2) is 6.21. The molecule has 0 fully saturated rings. The van der Waals surface area contributed by atoms with Crippen molar-refractivity contribution in [3.05, 3.63) is 28.7 Å². The highest BCUT2D eigenvalue weighted by atomic mass is 32.2. The van der Waals surface area contributed by atoms with Crippen LogP contribution in [0.5, 0.6) is 0 Å². The van der Waals surface area contributed by atoms with E-state index in [2.05, 4.69) is 0 Å². The fourth-order valence-corrected chi connectivity index (χ4v) is 3.18. The number of benzene rings is 1. The first-order valence-electron chi connectivity index (χ1n) is 6.42. The molecule has 22 heavy (non-hydrogen) atoms. The molecule has 2 aromatic rings. The lowest BCUT2D eigenvalue weighted by atomic mass is 10.3. The Morgan fingerprint density at radius 2 is 1.95 bits per heavy atom. The third-order valence-electron chi connectivity index (χ3n) is 3.40. The van der Waals surface area contributed by atoms with Gasteiger partial charge in [0.2, 0.25) is 10.0 Å². The number of aromatic nitrogens is 1. The molecule has 0 aliphatic carbocycles. The van der Waals surface area contributed by atoms with Crippen LogP contribution in [0.25, 0.3) is 11.1 Å². The lowest BCUT2D eigenvalue weighted by molar-refractivity contribution is -0.106. The molecule has 0 aliphatic heterocycles. The number of oxazole rings is 1. The molecule has 0 N–H and O–H groups in total. The molecule has 2 rings (SSSR count). The maximum Gasteiger partial charge on any atom is 0.419 e. The number of likely N-dealkylation sites (N-methyl/N-ethyl adjacent to an activating group) is 1. The largest absolute Gasteiger partial charge is 0.419 e. The van der Waals surface area contributed by atoms with Gasteiger partial charge in [-0.3, -0.25) is 4.57 Å². The van der Waals surface area contributed by atoms with Gasteiger partial charge in [-0.05, 0) is 12.1 Å². The van der Waals surface area contributed by atoms with Gasteiger partial charge in [0.25, 0.3) is 0 Å². The van der Waals surface area contributed by atoms with Crippen molar-refractivity contribution >= 4 is 21.1 Å². The molecule has 0 radical (unpaired) electrons. The molecule has 0 atom stereocenters. The van der Waals surface area contributed by atoms with Crippen molar-refractivity contribution in [3.63, 3.8) is 0 Å². The Morgan fingerprint density at radius 3 is 2.55 bits per heavy atom. The number of sulfonamides is 1. The van der Waals surface area contributed by atoms with Gasteiger partial charge in [0.1, 0.15) is 0 Å². The number of nitrogens with zero attached hydrogens (tertiary/aromatic N) is 2. The van der Waals surface area contributed by atoms with E-state index in [1.165, 1.54) is 44.0 Å². The molecule has 0 unspecified atom stereocenters. The lowest BCUT2D eigenvalue weighted by Crippen LogP contribution is -2.36. The van der Waals surface area contributed by atoms with Crippen molar-refractivity contribution in [2.24, 2.45) is 7.05 Å². The van der Waals surface area contributed by atoms with Crippen LogP contribution < -0.4 is 5.76 Å². The predicted molar refractivity (Wildman–Crippen MR) is 79.1 cm³/mol. The van der Waals surface area contributed by atoms with Gasteiger partial charge in [0.15, 0.2) is 11.9 Å². The summed E-state index contributed by atoms with van der Waals surface area (Å²) in [5, 5.41) is 0. The van der Waals surface area contributed by atoms with Gasteiger partial charge in [-0.15, -0.1) is 0 Å². The summed E-state index contributed by atoms with van der Waals surface area (Å²) < 4.78 is 42.5. The third kappa shape index (κ3) is 2.93. The van der Waals surface area contributed by atoms with E-state index < -0.39 is 22.1 Å². The zero-order valence-electron chi connectivity index (χ0n) is 12.8. The summed E-state index contributed by atoms with van der Waals surface area (Å²) in [5.41, 5.74) is 0.746. The van der Waals surface area contributed by atoms with Crippen molar-refractivity contribution in [1.82, 2.24) is 8.87 Å². The number of aryl methyl sites for hydroxylation is 1. The first-order chi connectivity index (χ1) is 10.3. The van der Waals surface area contributed by atoms with Crippen molar-refractivity contribution in [3.8, 4) is 0 Å². The SMILES string of the molecule is COC(CN(C)S(=O)(=O)c1ccc2c(c1)oc(=O)n2C)OC. The minimum absolute atomic E-state index is 0.0304. The van der Waals surface area contributed by atoms with Crippen LogP contribution in [0, 0.1) is 0 Å². The highest BCUT2D eigenvalue weighted by molar-refractivity contribution is 7.89. The van der Waals surface area contributed by atoms with E-state index in [1.54, 1.807) is 7.05 Å². The predicted octanol–water partition coefficient (Wildman–Crippen LogP) is 0.371. The second-order valence-electron chi connectivity index (χ2n) is 4.74. The van der Waals surface area contributed by atoms with Crippen LogP contribution in [0.1, 0.15) is 0 Å². The van der Waals surface area contributed by atoms with E-state index in [0.29, 0.717) is 5.52 Å². The molecule has 1 aromatic carbocycles. The van der Waals surface area contributed by atoms with Gasteiger partial charge >= 0.3 is 5.76 Å². The van der Waals surface area contributed by atoms with Crippen LogP contribution in [0.15, 0.2) is 32.3 Å². The molecule has 0 saturated heterocycles. The molecule has 0 saturated carbocycles. The molecule has 0 bridgehead atoms. The monoisotopic (exact) mass is 330 g/mol. The Kier molecular flexibility index (Phi) is 4.71. The average molecular weight is 330 g/mol. The van der Waals surface area contributed by atoms with E-state index in [4.69, 9.17) is 13.9 Å². The first-order valence-corrected chi connectivity index (χ1v) is 7.86. The fraction of sp³-hybridized carbons (Fsp3) is 0.462. The second-order valence-corrected chi connectivity index (χ2v) is 6.79. The molecule has 1 heterocycles. The summed E-state index contributed by atoms with van der Waals surface area (Å²) in [6.45, 7) is 0.0338. The van der Waals surface area contributed by atoms with Crippen LogP contribution in [0.4, 0.5) is 0 Å². The average Bonchev–Trinajstić information content (AvgIpc) is 2.78. The minimum atomic E-state index is -3.75. The normalized spacial score (nSPS) is 12.6. The van der Waals surface area contributed by atoms with Crippen LogP contribution in [0.3, 0.4) is 0 Å². The van der Waals surface area contributed by atoms with E-state index in [-0.39, 0.29) is 17.0 Å². The van der Waals surface area contributed by atoms with E-state index in [9.17, 15) is 13.2 Å². The Labute approximate surface area is 127 Å². The third-order valence-corrected chi connectivity index (χ3v) is 5.22. The van der Waals surface area contributed by atoms with Gasteiger partial charge in [-0.25, -0.2) is 13.2 Å². The smallest absolute Gasteiger partial charge is 0.408 e. The summed E-state index contributed by atoms with van der Waals surface area (Å²) in [6, 6.07) is 4.29. The van der Waals surface area contributed by atoms with Gasteiger partial charge in [0, 0.05) is 34.4 Å². The first kappa shape index (κ1) is 16.7. The highest BCUT2D eigenvalue weighted by Crippen LogP contribution is 2.20. The number of fused-ring (bicyclic) bond motifs is 1. The summed E-state index contributed by atoms with van der Waals surface area (Å²) in [7, 11) is 2.09. The number of hydrogen-bond donors (Lipinski definition) is 0. The van der Waals surface area contributed by atoms with E-state index >= 15 is 0 Å². The van der Waals surface area contributed by atoms with E-state index in [1.807, 2.05) is 0 Å². The molecule has 0 aliphatic rings. The molecule has 9 heteroatoms. The Hall–Kier alpha value is -1.68. The van der Waals surface area contributed by atoms with Gasteiger partial charge < -0.3 is 13.9 Å². The lowest BCUT2D eigenvalue weighted by Gasteiger charge is -2.21. The molecule has 8 nitrogen and oxygen atoms in total. The summed E-state index contributed by atoms with van der Waals surface area (Å²) in [5.74, 6) is -0.545. The maximum atomic E-state index is 12.5. The van der Waals surface area contributed by atoms with Crippen molar-refractivity contribution < 1.29 is 22.3 Å². The van der Waals surface area contributed by atoms with Gasteiger partial charge in [0.05, 0.1) is 17.0 Å². The standard InChI is InChI=1S/C13H18N2O6S/c1-14(8-12(19-3)20-4)22(17,18)9-5-6-10-11(7-9)21-13(16)15(10)2/h5-7,12H,8H2,1-4H3. The number of methoxy groups -OCH3 is 2. The van der Waals surface area contributed by atoms with Crippen LogP contribution >= 0.6 is 0 Å². The van der Waals surface area contributed by atoms with Gasteiger partial charge in [-0.2, -0.15) is 4.31 Å². The Balaban J connectivity index is 2.38. The van der Waals surface area contributed by atoms with Crippen molar-refractivity contribution in [2.75, 3.05) is 27.8 Å². The summed E-state index contributed by atoms with van der Waals surface area (Å²) >= 11 is 0. The van der Waals surface area contributed by atoms with Gasteiger partial charge in [-0.1, -0.05) is 0 Å². The maximum absolute atomic E-state index is 12.5. The van der Waals surface area contributed by atoms with Crippen LogP contribution in [-0.2, 0) is 26.5 Å². The van der Waals surface area contributed by atoms with Crippen LogP contribution in [-0.4, -0.2) is 51.4 Å². The molecule has 122 valence electrons. The molecule has 0 amide bonds. The highest BCUT2D eigenvalue weighted by Gasteiger charge is 2.24. The topological polar surface area (TPSA) is 91.0 Å². The Morgan fingerprint density at radius 1 is 1.32 bits per heavy atom. The van der Waals surface area contributed by atoms with E-state index in [0.717, 1.165) is 4.31 Å². The molecule has 0 spiro atoms. The van der Waals surface area contributed by atoms with Crippen molar-refractivity contribution in [2.45, 2.75) is 11.2 Å². The zero-order valence-corrected chi connectivity index (χ0v) is 13.6. The summed E-state index contributed by atoms with van der Waals surface area (Å²) in [6.07, 6.45) is -0.668. The van der Waals surface area contributed by atoms with Crippen LogP contribution in [0.2, 0.25) is 0 Å². The quantitative estimate of drug-likeness (QED) is 0.711. The van der Waals surface area contributed by atoms with Crippen molar-refractivity contribution in [1.29, 1.82) is 0 Å². The molecule has 1 aromatic heterocycles. The summed E-state index contributed by atoms with van der Waals surface area (Å²) in [4.78, 5) is 11.5. The number of hydrogen-bond acceptors (Lipinski definition) is 6. The molecular weight excluding hydrogens is 312 g/mol. The minimum Gasteiger partial charge on any atom is -0.408 e. The Bertz CT molecular complexity index is 819.